The standard InChI is InChI=1S/C12H15N3O/c1-2-12(16-5-1)8-13-6-11-7-14-9-15(11)10-3-4-10/h1-2,5,7,9-10,13H,3-4,6,8H2. The number of nitrogens with zero attached hydrogens (tertiary/aromatic N) is 2. The van der Waals surface area contributed by atoms with Gasteiger partial charge < -0.3 is 14.3 Å². The van der Waals surface area contributed by atoms with Gasteiger partial charge in [0.2, 0.25) is 0 Å². The molecule has 1 N–H and O–H groups in total. The Kier molecular flexibility index (Phi) is 2.50. The van der Waals surface area contributed by atoms with E-state index >= 15 is 0 Å². The molecule has 0 amide bonds. The zero-order chi connectivity index (χ0) is 10.8. The average Bonchev–Trinajstić information content (AvgIpc) is 2.82. The molecular weight excluding hydrogens is 202 g/mol. The van der Waals surface area contributed by atoms with E-state index in [1.807, 2.05) is 24.7 Å². The van der Waals surface area contributed by atoms with E-state index in [1.165, 1.54) is 18.5 Å². The lowest BCUT2D eigenvalue weighted by molar-refractivity contribution is 0.479. The van der Waals surface area contributed by atoms with Crippen molar-refractivity contribution in [3.63, 3.8) is 0 Å². The molecule has 16 heavy (non-hydrogen) atoms. The first kappa shape index (κ1) is 9.66. The average molecular weight is 217 g/mol. The number of nitrogens with one attached hydrogen (secondary N) is 1. The normalized spacial score (nSPS) is 15.5. The molecule has 0 unspecified atom stereocenters. The van der Waals surface area contributed by atoms with E-state index < -0.39 is 0 Å². The Morgan fingerprint density at radius 3 is 3.12 bits per heavy atom. The Balaban J connectivity index is 1.56. The number of hydrogen-bond acceptors (Lipinski definition) is 3. The summed E-state index contributed by atoms with van der Waals surface area (Å²) >= 11 is 0. The van der Waals surface area contributed by atoms with Gasteiger partial charge in [-0.2, -0.15) is 0 Å². The van der Waals surface area contributed by atoms with Crippen molar-refractivity contribution in [2.24, 2.45) is 0 Å². The largest absolute Gasteiger partial charge is 0.468 e. The predicted octanol–water partition coefficient (Wildman–Crippen LogP) is 2.10. The van der Waals surface area contributed by atoms with E-state index in [0.717, 1.165) is 18.8 Å². The van der Waals surface area contributed by atoms with Crippen LogP contribution >= 0.6 is 0 Å². The van der Waals surface area contributed by atoms with Crippen molar-refractivity contribution in [1.82, 2.24) is 14.9 Å². The molecule has 1 saturated carbocycles. The molecule has 0 saturated heterocycles. The molecular formula is C12H15N3O. The second kappa shape index (κ2) is 4.14. The maximum Gasteiger partial charge on any atom is 0.117 e. The van der Waals surface area contributed by atoms with Crippen LogP contribution in [-0.2, 0) is 13.1 Å². The van der Waals surface area contributed by atoms with Crippen molar-refractivity contribution in [3.05, 3.63) is 42.4 Å². The molecule has 4 heteroatoms. The van der Waals surface area contributed by atoms with Gasteiger partial charge in [-0.15, -0.1) is 0 Å². The Morgan fingerprint density at radius 1 is 1.44 bits per heavy atom. The van der Waals surface area contributed by atoms with Gasteiger partial charge in [0.15, 0.2) is 0 Å². The van der Waals surface area contributed by atoms with Crippen molar-refractivity contribution >= 4 is 0 Å². The van der Waals surface area contributed by atoms with Crippen LogP contribution in [-0.4, -0.2) is 9.55 Å². The summed E-state index contributed by atoms with van der Waals surface area (Å²) < 4.78 is 7.53. The molecule has 3 rings (SSSR count). The number of aromatic nitrogens is 2. The molecule has 1 aliphatic rings. The summed E-state index contributed by atoms with van der Waals surface area (Å²) in [5, 5.41) is 3.36. The van der Waals surface area contributed by atoms with Crippen LogP contribution in [0.1, 0.15) is 30.3 Å². The molecule has 0 atom stereocenters. The van der Waals surface area contributed by atoms with Gasteiger partial charge in [-0.25, -0.2) is 4.98 Å². The Morgan fingerprint density at radius 2 is 2.38 bits per heavy atom. The van der Waals surface area contributed by atoms with Crippen molar-refractivity contribution in [1.29, 1.82) is 0 Å². The highest BCUT2D eigenvalue weighted by molar-refractivity contribution is 5.04. The molecule has 0 aromatic carbocycles. The predicted molar refractivity (Wildman–Crippen MR) is 59.7 cm³/mol. The highest BCUT2D eigenvalue weighted by Crippen LogP contribution is 2.35. The van der Waals surface area contributed by atoms with Gasteiger partial charge in [0.1, 0.15) is 5.76 Å². The molecule has 1 fully saturated rings. The van der Waals surface area contributed by atoms with Crippen LogP contribution in [0.4, 0.5) is 0 Å². The van der Waals surface area contributed by atoms with E-state index in [1.54, 1.807) is 6.26 Å². The minimum Gasteiger partial charge on any atom is -0.468 e. The van der Waals surface area contributed by atoms with Gasteiger partial charge in [-0.1, -0.05) is 0 Å². The maximum atomic E-state index is 5.26. The van der Waals surface area contributed by atoms with Crippen LogP contribution in [0.15, 0.2) is 35.3 Å². The molecule has 2 heterocycles. The van der Waals surface area contributed by atoms with Gasteiger partial charge in [-0.3, -0.25) is 0 Å². The molecule has 2 aromatic heterocycles. The summed E-state index contributed by atoms with van der Waals surface area (Å²) in [6.07, 6.45) is 8.16. The van der Waals surface area contributed by atoms with Crippen LogP contribution < -0.4 is 5.32 Å². The summed E-state index contributed by atoms with van der Waals surface area (Å²) in [7, 11) is 0. The highest BCUT2D eigenvalue weighted by Gasteiger charge is 2.24. The molecule has 4 nitrogen and oxygen atoms in total. The van der Waals surface area contributed by atoms with Crippen LogP contribution in [0.5, 0.6) is 0 Å². The second-order valence-electron chi connectivity index (χ2n) is 4.21. The number of rotatable bonds is 5. The molecule has 0 aliphatic heterocycles. The van der Waals surface area contributed by atoms with E-state index in [2.05, 4.69) is 14.9 Å². The molecule has 0 spiro atoms. The third-order valence-corrected chi connectivity index (χ3v) is 2.87. The third-order valence-electron chi connectivity index (χ3n) is 2.87. The fourth-order valence-electron chi connectivity index (χ4n) is 1.88. The summed E-state index contributed by atoms with van der Waals surface area (Å²) in [6.45, 7) is 1.61. The van der Waals surface area contributed by atoms with Crippen LogP contribution in [0, 0.1) is 0 Å². The minimum atomic E-state index is 0.697. The SMILES string of the molecule is c1coc(CNCc2cncn2C2CC2)c1. The fourth-order valence-corrected chi connectivity index (χ4v) is 1.88. The summed E-state index contributed by atoms with van der Waals surface area (Å²) in [4.78, 5) is 4.20. The minimum absolute atomic E-state index is 0.697. The summed E-state index contributed by atoms with van der Waals surface area (Å²) in [6, 6.07) is 4.58. The number of hydrogen-bond donors (Lipinski definition) is 1. The molecule has 84 valence electrons. The lowest BCUT2D eigenvalue weighted by atomic mass is 10.4. The van der Waals surface area contributed by atoms with Crippen molar-refractivity contribution in [2.45, 2.75) is 32.0 Å². The lowest BCUT2D eigenvalue weighted by Crippen LogP contribution is -2.15. The van der Waals surface area contributed by atoms with Crippen LogP contribution in [0.3, 0.4) is 0 Å². The molecule has 1 aliphatic carbocycles. The Labute approximate surface area is 94.3 Å². The number of imidazole rings is 1. The number of furan rings is 1. The van der Waals surface area contributed by atoms with Crippen LogP contribution in [0.2, 0.25) is 0 Å². The first-order valence-electron chi connectivity index (χ1n) is 5.67. The van der Waals surface area contributed by atoms with Gasteiger partial charge >= 0.3 is 0 Å². The summed E-state index contributed by atoms with van der Waals surface area (Å²) in [5.41, 5.74) is 1.26. The summed E-state index contributed by atoms with van der Waals surface area (Å²) in [5.74, 6) is 0.970. The van der Waals surface area contributed by atoms with Crippen molar-refractivity contribution in [2.75, 3.05) is 0 Å². The van der Waals surface area contributed by atoms with Crippen molar-refractivity contribution < 1.29 is 4.42 Å². The topological polar surface area (TPSA) is 43.0 Å². The van der Waals surface area contributed by atoms with E-state index in [0.29, 0.717) is 6.04 Å². The Bertz CT molecular complexity index is 443. The van der Waals surface area contributed by atoms with Gasteiger partial charge in [-0.05, 0) is 25.0 Å². The van der Waals surface area contributed by atoms with E-state index in [9.17, 15) is 0 Å². The first-order valence-corrected chi connectivity index (χ1v) is 5.67. The van der Waals surface area contributed by atoms with Crippen LogP contribution in [0.25, 0.3) is 0 Å². The zero-order valence-electron chi connectivity index (χ0n) is 9.10. The lowest BCUT2D eigenvalue weighted by Gasteiger charge is -2.06. The maximum absolute atomic E-state index is 5.26. The van der Waals surface area contributed by atoms with Crippen molar-refractivity contribution in [3.8, 4) is 0 Å². The first-order chi connectivity index (χ1) is 7.93. The fraction of sp³-hybridized carbons (Fsp3) is 0.417. The molecule has 2 aromatic rings. The van der Waals surface area contributed by atoms with E-state index in [4.69, 9.17) is 4.42 Å². The second-order valence-corrected chi connectivity index (χ2v) is 4.21. The Hall–Kier alpha value is -1.55. The quantitative estimate of drug-likeness (QED) is 0.834. The van der Waals surface area contributed by atoms with E-state index in [-0.39, 0.29) is 0 Å². The van der Waals surface area contributed by atoms with Gasteiger partial charge in [0.05, 0.1) is 24.8 Å². The van der Waals surface area contributed by atoms with Gasteiger partial charge in [0.25, 0.3) is 0 Å². The smallest absolute Gasteiger partial charge is 0.117 e. The molecule has 0 radical (unpaired) electrons. The highest BCUT2D eigenvalue weighted by atomic mass is 16.3. The zero-order valence-corrected chi connectivity index (χ0v) is 9.10. The monoisotopic (exact) mass is 217 g/mol. The third kappa shape index (κ3) is 2.02. The van der Waals surface area contributed by atoms with Gasteiger partial charge in [0, 0.05) is 18.8 Å². The molecule has 0 bridgehead atoms.